The lowest BCUT2D eigenvalue weighted by Gasteiger charge is -2.35. The van der Waals surface area contributed by atoms with E-state index < -0.39 is 47.9 Å². The number of ether oxygens (including phenoxy) is 1. The summed E-state index contributed by atoms with van der Waals surface area (Å²) in [7, 11) is 0. The van der Waals surface area contributed by atoms with E-state index in [0.717, 1.165) is 21.9 Å². The fourth-order valence-electron chi connectivity index (χ4n) is 4.66. The Hall–Kier alpha value is -4.40. The molecule has 41 heavy (non-hydrogen) atoms. The van der Waals surface area contributed by atoms with Crippen LogP contribution >= 0.6 is 0 Å². The Kier molecular flexibility index (Phi) is 10.1. The van der Waals surface area contributed by atoms with E-state index in [4.69, 9.17) is 10.5 Å². The normalized spacial score (nSPS) is 12.7. The third kappa shape index (κ3) is 8.30. The van der Waals surface area contributed by atoms with Crippen molar-refractivity contribution in [2.75, 3.05) is 11.9 Å². The Morgan fingerprint density at radius 3 is 2.27 bits per heavy atom. The van der Waals surface area contributed by atoms with Crippen molar-refractivity contribution in [3.8, 4) is 0 Å². The van der Waals surface area contributed by atoms with Crippen LogP contribution < -0.4 is 16.4 Å². The minimum atomic E-state index is -1.32. The number of nitrogens with zero attached hydrogens (tertiary/aromatic N) is 1. The fourth-order valence-corrected chi connectivity index (χ4v) is 4.66. The number of hydrogen-bond donors (Lipinski definition) is 3. The first-order valence-corrected chi connectivity index (χ1v) is 13.7. The number of nitrogens with one attached hydrogen (secondary N) is 2. The highest BCUT2D eigenvalue weighted by Crippen LogP contribution is 2.29. The van der Waals surface area contributed by atoms with Crippen LogP contribution in [-0.4, -0.2) is 46.9 Å². The standard InChI is InChI=1S/C32H40N4O5/c1-7-17-36(30(39)26(19-27(33)37)35-31(40)41-32(4,5)6)28(25-14-10-11-20(2)21(25)3)29(38)34-24-16-15-22-12-8-9-13-23(22)18-24/h8-16,18,26,28H,7,17,19H2,1-6H3,(H2,33,37)(H,34,38)(H,35,40). The molecule has 0 spiro atoms. The number of amides is 4. The largest absolute Gasteiger partial charge is 0.444 e. The van der Waals surface area contributed by atoms with Crippen LogP contribution in [-0.2, 0) is 19.1 Å². The highest BCUT2D eigenvalue weighted by atomic mass is 16.6. The molecule has 3 aromatic carbocycles. The van der Waals surface area contributed by atoms with E-state index in [2.05, 4.69) is 10.6 Å². The van der Waals surface area contributed by atoms with Gasteiger partial charge in [-0.25, -0.2) is 4.79 Å². The van der Waals surface area contributed by atoms with Gasteiger partial charge in [-0.1, -0.05) is 55.5 Å². The molecule has 0 saturated heterocycles. The van der Waals surface area contributed by atoms with Gasteiger partial charge in [-0.15, -0.1) is 0 Å². The van der Waals surface area contributed by atoms with E-state index in [1.54, 1.807) is 20.8 Å². The van der Waals surface area contributed by atoms with Gasteiger partial charge in [0.2, 0.25) is 11.8 Å². The molecule has 0 aliphatic carbocycles. The van der Waals surface area contributed by atoms with Crippen molar-refractivity contribution in [3.05, 3.63) is 77.4 Å². The van der Waals surface area contributed by atoms with Crippen LogP contribution in [0.1, 0.15) is 63.3 Å². The van der Waals surface area contributed by atoms with Crippen molar-refractivity contribution in [1.82, 2.24) is 10.2 Å². The van der Waals surface area contributed by atoms with Gasteiger partial charge >= 0.3 is 6.09 Å². The van der Waals surface area contributed by atoms with E-state index >= 15 is 0 Å². The summed E-state index contributed by atoms with van der Waals surface area (Å²) in [6, 6.07) is 16.6. The molecule has 0 radical (unpaired) electrons. The minimum absolute atomic E-state index is 0.188. The van der Waals surface area contributed by atoms with E-state index in [-0.39, 0.29) is 6.54 Å². The first-order valence-electron chi connectivity index (χ1n) is 13.7. The molecule has 0 fully saturated rings. The third-order valence-electron chi connectivity index (χ3n) is 6.66. The molecule has 0 aliphatic heterocycles. The number of aryl methyl sites for hydroxylation is 1. The first kappa shape index (κ1) is 31.1. The second kappa shape index (κ2) is 13.3. The maximum Gasteiger partial charge on any atom is 0.408 e. The Bertz CT molecular complexity index is 1430. The lowest BCUT2D eigenvalue weighted by Crippen LogP contribution is -2.53. The van der Waals surface area contributed by atoms with Gasteiger partial charge in [0.15, 0.2) is 0 Å². The molecule has 218 valence electrons. The molecule has 0 saturated carbocycles. The molecule has 3 aromatic rings. The summed E-state index contributed by atoms with van der Waals surface area (Å²) in [5, 5.41) is 7.47. The summed E-state index contributed by atoms with van der Waals surface area (Å²) in [5.74, 6) is -1.82. The van der Waals surface area contributed by atoms with Crippen molar-refractivity contribution in [2.24, 2.45) is 5.73 Å². The lowest BCUT2D eigenvalue weighted by atomic mass is 9.94. The topological polar surface area (TPSA) is 131 Å². The molecule has 9 nitrogen and oxygen atoms in total. The van der Waals surface area contributed by atoms with Gasteiger partial charge in [0.05, 0.1) is 6.42 Å². The Labute approximate surface area is 241 Å². The Balaban J connectivity index is 2.05. The summed E-state index contributed by atoms with van der Waals surface area (Å²) in [6.45, 7) is 11.0. The summed E-state index contributed by atoms with van der Waals surface area (Å²) in [5.41, 5.74) is 7.66. The van der Waals surface area contributed by atoms with Crippen molar-refractivity contribution < 1.29 is 23.9 Å². The molecular formula is C32H40N4O5. The van der Waals surface area contributed by atoms with Crippen molar-refractivity contribution in [1.29, 1.82) is 0 Å². The summed E-state index contributed by atoms with van der Waals surface area (Å²) < 4.78 is 5.33. The third-order valence-corrected chi connectivity index (χ3v) is 6.66. The number of anilines is 1. The molecule has 2 unspecified atom stereocenters. The van der Waals surface area contributed by atoms with Crippen LogP contribution in [0.4, 0.5) is 10.5 Å². The van der Waals surface area contributed by atoms with E-state index in [1.165, 1.54) is 4.90 Å². The van der Waals surface area contributed by atoms with Gasteiger partial charge in [-0.05, 0) is 80.6 Å². The number of nitrogens with two attached hydrogens (primary N) is 1. The molecule has 4 amide bonds. The number of rotatable bonds is 10. The maximum absolute atomic E-state index is 14.1. The summed E-state index contributed by atoms with van der Waals surface area (Å²) >= 11 is 0. The number of hydrogen-bond acceptors (Lipinski definition) is 5. The Morgan fingerprint density at radius 1 is 0.951 bits per heavy atom. The van der Waals surface area contributed by atoms with Crippen LogP contribution in [0.2, 0.25) is 0 Å². The van der Waals surface area contributed by atoms with Crippen molar-refractivity contribution in [3.63, 3.8) is 0 Å². The number of carbonyl (C=O) groups excluding carboxylic acids is 4. The average molecular weight is 561 g/mol. The van der Waals surface area contributed by atoms with Gasteiger partial charge in [0, 0.05) is 12.2 Å². The first-order chi connectivity index (χ1) is 19.3. The molecule has 4 N–H and O–H groups in total. The number of carbonyl (C=O) groups is 4. The van der Waals surface area contributed by atoms with Gasteiger partial charge in [-0.2, -0.15) is 0 Å². The molecular weight excluding hydrogens is 520 g/mol. The maximum atomic E-state index is 14.1. The highest BCUT2D eigenvalue weighted by molar-refractivity contribution is 6.01. The zero-order chi connectivity index (χ0) is 30.3. The van der Waals surface area contributed by atoms with Crippen LogP contribution in [0.15, 0.2) is 60.7 Å². The summed E-state index contributed by atoms with van der Waals surface area (Å²) in [6.07, 6.45) is -0.798. The SMILES string of the molecule is CCCN(C(=O)C(CC(N)=O)NC(=O)OC(C)(C)C)C(C(=O)Nc1ccc2ccccc2c1)c1cccc(C)c1C. The van der Waals surface area contributed by atoms with Crippen LogP contribution in [0.25, 0.3) is 10.8 Å². The van der Waals surface area contributed by atoms with E-state index in [1.807, 2.05) is 81.4 Å². The molecule has 0 heterocycles. The minimum Gasteiger partial charge on any atom is -0.444 e. The Morgan fingerprint density at radius 2 is 1.63 bits per heavy atom. The second-order valence-electron chi connectivity index (χ2n) is 11.1. The zero-order valence-corrected chi connectivity index (χ0v) is 24.6. The molecule has 0 aliphatic rings. The molecule has 0 aromatic heterocycles. The van der Waals surface area contributed by atoms with Gasteiger partial charge < -0.3 is 26.0 Å². The smallest absolute Gasteiger partial charge is 0.408 e. The van der Waals surface area contributed by atoms with Gasteiger partial charge in [0.25, 0.3) is 5.91 Å². The van der Waals surface area contributed by atoms with Gasteiger partial charge in [-0.3, -0.25) is 14.4 Å². The number of fused-ring (bicyclic) bond motifs is 1. The predicted octanol–water partition coefficient (Wildman–Crippen LogP) is 5.14. The second-order valence-corrected chi connectivity index (χ2v) is 11.1. The van der Waals surface area contributed by atoms with Crippen molar-refractivity contribution >= 4 is 40.3 Å². The monoisotopic (exact) mass is 560 g/mol. The predicted molar refractivity (Wildman–Crippen MR) is 160 cm³/mol. The number of alkyl carbamates (subject to hydrolysis) is 1. The van der Waals surface area contributed by atoms with Gasteiger partial charge in [0.1, 0.15) is 17.7 Å². The average Bonchev–Trinajstić information content (AvgIpc) is 2.88. The lowest BCUT2D eigenvalue weighted by molar-refractivity contribution is -0.141. The van der Waals surface area contributed by atoms with Crippen LogP contribution in [0.5, 0.6) is 0 Å². The highest BCUT2D eigenvalue weighted by Gasteiger charge is 2.37. The van der Waals surface area contributed by atoms with E-state index in [0.29, 0.717) is 17.7 Å². The van der Waals surface area contributed by atoms with Crippen molar-refractivity contribution in [2.45, 2.75) is 72.1 Å². The number of benzene rings is 3. The van der Waals surface area contributed by atoms with E-state index in [9.17, 15) is 19.2 Å². The number of primary amides is 1. The molecule has 3 rings (SSSR count). The zero-order valence-electron chi connectivity index (χ0n) is 24.6. The quantitative estimate of drug-likeness (QED) is 0.316. The summed E-state index contributed by atoms with van der Waals surface area (Å²) in [4.78, 5) is 54.1. The molecule has 2 atom stereocenters. The fraction of sp³-hybridized carbons (Fsp3) is 0.375. The van der Waals surface area contributed by atoms with Crippen LogP contribution in [0.3, 0.4) is 0 Å². The van der Waals surface area contributed by atoms with Crippen LogP contribution in [0, 0.1) is 13.8 Å². The molecule has 9 heteroatoms. The molecule has 0 bridgehead atoms.